The molecule has 2 rings (SSSR count). The van der Waals surface area contributed by atoms with E-state index in [-0.39, 0.29) is 5.48 Å². The number of nitrogens with zero attached hydrogens (tertiary/aromatic N) is 1. The molecule has 0 unspecified atom stereocenters. The van der Waals surface area contributed by atoms with E-state index < -0.39 is 12.1 Å². The molecule has 0 aromatic heterocycles. The lowest BCUT2D eigenvalue weighted by Crippen LogP contribution is -2.47. The van der Waals surface area contributed by atoms with Crippen LogP contribution in [0.4, 0.5) is 4.79 Å². The number of carboxylic acid groups (broad SMARTS) is 3. The van der Waals surface area contributed by atoms with Gasteiger partial charge in [-0.3, -0.25) is 4.79 Å². The molecule has 0 radical (unpaired) electrons. The lowest BCUT2D eigenvalue weighted by Gasteiger charge is -2.44. The van der Waals surface area contributed by atoms with Gasteiger partial charge < -0.3 is 25.7 Å². The van der Waals surface area contributed by atoms with E-state index >= 15 is 0 Å². The van der Waals surface area contributed by atoms with Gasteiger partial charge in [0.1, 0.15) is 0 Å². The number of carbonyl (C=O) groups is 2. The summed E-state index contributed by atoms with van der Waals surface area (Å²) in [5.74, 6) is 0.0121. The summed E-state index contributed by atoms with van der Waals surface area (Å²) in [6.45, 7) is 2.49. The van der Waals surface area contributed by atoms with Crippen molar-refractivity contribution >= 4 is 12.1 Å². The quantitative estimate of drug-likeness (QED) is 0.722. The highest BCUT2D eigenvalue weighted by atomic mass is 16.6. The van der Waals surface area contributed by atoms with Crippen LogP contribution in [0.3, 0.4) is 0 Å². The van der Waals surface area contributed by atoms with Gasteiger partial charge >= 0.3 is 12.1 Å². The van der Waals surface area contributed by atoms with Crippen LogP contribution in [0.2, 0.25) is 0 Å². The zero-order valence-corrected chi connectivity index (χ0v) is 11.6. The first kappa shape index (κ1) is 18.7. The summed E-state index contributed by atoms with van der Waals surface area (Å²) in [4.78, 5) is 21.7. The normalized spacial score (nSPS) is 25.4. The number of fused-ring (bicyclic) bond motifs is 1. The Morgan fingerprint density at radius 2 is 1.60 bits per heavy atom. The van der Waals surface area contributed by atoms with Gasteiger partial charge in [0.2, 0.25) is 0 Å². The van der Waals surface area contributed by atoms with E-state index in [1.54, 1.807) is 0 Å². The van der Waals surface area contributed by atoms with Crippen molar-refractivity contribution in [3.05, 3.63) is 0 Å². The zero-order chi connectivity index (χ0) is 14.3. The van der Waals surface area contributed by atoms with E-state index in [1.165, 1.54) is 45.2 Å². The van der Waals surface area contributed by atoms with Crippen LogP contribution in [0.15, 0.2) is 0 Å². The highest BCUT2D eigenvalue weighted by Gasteiger charge is 2.32. The summed E-state index contributed by atoms with van der Waals surface area (Å²) in [7, 11) is 0. The Labute approximate surface area is 118 Å². The third-order valence-electron chi connectivity index (χ3n) is 3.96. The molecule has 0 amide bonds. The van der Waals surface area contributed by atoms with E-state index in [1.807, 2.05) is 0 Å². The fourth-order valence-corrected chi connectivity index (χ4v) is 3.22. The molecule has 7 heteroatoms. The van der Waals surface area contributed by atoms with Gasteiger partial charge in [-0.15, -0.1) is 0 Å². The number of carboxylic acids is 1. The van der Waals surface area contributed by atoms with Gasteiger partial charge in [-0.05, 0) is 51.1 Å². The highest BCUT2D eigenvalue weighted by Crippen LogP contribution is 2.33. The molecule has 7 nitrogen and oxygen atoms in total. The Morgan fingerprint density at radius 1 is 1.00 bits per heavy atom. The second-order valence-electron chi connectivity index (χ2n) is 5.22. The molecule has 2 atom stereocenters. The average Bonchev–Trinajstić information content (AvgIpc) is 2.35. The van der Waals surface area contributed by atoms with Gasteiger partial charge in [-0.25, -0.2) is 4.79 Å². The van der Waals surface area contributed by atoms with Crippen molar-refractivity contribution in [1.29, 1.82) is 0 Å². The maximum absolute atomic E-state index is 10.6. The molecule has 5 N–H and O–H groups in total. The summed E-state index contributed by atoms with van der Waals surface area (Å²) >= 11 is 0. The molecule has 0 aromatic carbocycles. The van der Waals surface area contributed by atoms with E-state index in [2.05, 4.69) is 4.90 Å². The SMILES string of the molecule is O.O=C(O)CC[C@@H]1CCCN2CCCC[C@H]12.O=C(O)O. The minimum Gasteiger partial charge on any atom is -0.481 e. The number of hydrogen-bond acceptors (Lipinski definition) is 3. The van der Waals surface area contributed by atoms with Gasteiger partial charge in [0.25, 0.3) is 0 Å². The molecule has 0 spiro atoms. The van der Waals surface area contributed by atoms with Gasteiger partial charge in [-0.2, -0.15) is 0 Å². The van der Waals surface area contributed by atoms with Crippen LogP contribution >= 0.6 is 0 Å². The summed E-state index contributed by atoms with van der Waals surface area (Å²) < 4.78 is 0. The molecule has 0 aromatic rings. The van der Waals surface area contributed by atoms with Crippen molar-refractivity contribution in [2.45, 2.75) is 51.0 Å². The average molecular weight is 291 g/mol. The van der Waals surface area contributed by atoms with Gasteiger partial charge in [-0.1, -0.05) is 6.42 Å². The largest absolute Gasteiger partial charge is 0.503 e. The molecule has 2 saturated heterocycles. The Balaban J connectivity index is 0.000000644. The highest BCUT2D eigenvalue weighted by molar-refractivity contribution is 5.66. The minimum atomic E-state index is -1.83. The van der Waals surface area contributed by atoms with Crippen molar-refractivity contribution in [2.24, 2.45) is 5.92 Å². The molecule has 2 fully saturated rings. The Kier molecular flexibility index (Phi) is 8.91. The van der Waals surface area contributed by atoms with Crippen LogP contribution in [0.25, 0.3) is 0 Å². The number of rotatable bonds is 3. The lowest BCUT2D eigenvalue weighted by atomic mass is 9.81. The van der Waals surface area contributed by atoms with Crippen LogP contribution in [0.1, 0.15) is 44.9 Å². The standard InChI is InChI=1S/C12H21NO2.CH2O3.H2O/c14-12(15)7-6-10-4-3-9-13-8-2-1-5-11(10)13;2-1(3)4;/h10-11H,1-9H2,(H,14,15);(H2,2,3,4);1H2/t10-,11+;;/m0../s1. The lowest BCUT2D eigenvalue weighted by molar-refractivity contribution is -0.137. The Morgan fingerprint density at radius 3 is 2.20 bits per heavy atom. The molecular weight excluding hydrogens is 266 g/mol. The van der Waals surface area contributed by atoms with Gasteiger partial charge in [0.05, 0.1) is 0 Å². The second kappa shape index (κ2) is 9.55. The maximum atomic E-state index is 10.6. The predicted octanol–water partition coefficient (Wildman–Crippen LogP) is 1.51. The Bertz CT molecular complexity index is 303. The first-order valence-corrected chi connectivity index (χ1v) is 6.88. The molecule has 2 aliphatic heterocycles. The van der Waals surface area contributed by atoms with E-state index in [0.717, 1.165) is 6.42 Å². The summed E-state index contributed by atoms with van der Waals surface area (Å²) in [5, 5.41) is 22.7. The van der Waals surface area contributed by atoms with Crippen LogP contribution in [0.5, 0.6) is 0 Å². The maximum Gasteiger partial charge on any atom is 0.503 e. The predicted molar refractivity (Wildman–Crippen MR) is 73.1 cm³/mol. The van der Waals surface area contributed by atoms with Crippen LogP contribution in [-0.4, -0.2) is 57.0 Å². The van der Waals surface area contributed by atoms with Gasteiger partial charge in [0.15, 0.2) is 0 Å². The monoisotopic (exact) mass is 291 g/mol. The Hall–Kier alpha value is -1.34. The van der Waals surface area contributed by atoms with Crippen LogP contribution in [-0.2, 0) is 4.79 Å². The summed E-state index contributed by atoms with van der Waals surface area (Å²) in [6, 6.07) is 0.701. The molecule has 0 saturated carbocycles. The fraction of sp³-hybridized carbons (Fsp3) is 0.846. The zero-order valence-electron chi connectivity index (χ0n) is 11.6. The summed E-state index contributed by atoms with van der Waals surface area (Å²) in [5.41, 5.74) is 0. The topological polar surface area (TPSA) is 130 Å². The molecule has 20 heavy (non-hydrogen) atoms. The molecule has 0 bridgehead atoms. The van der Waals surface area contributed by atoms with Crippen molar-refractivity contribution in [3.8, 4) is 0 Å². The summed E-state index contributed by atoms with van der Waals surface area (Å²) in [6.07, 6.45) is 5.89. The third-order valence-corrected chi connectivity index (χ3v) is 3.96. The molecular formula is C13H25NO6. The second-order valence-corrected chi connectivity index (χ2v) is 5.22. The molecule has 118 valence electrons. The first-order chi connectivity index (χ1) is 9.00. The third kappa shape index (κ3) is 6.72. The number of aliphatic carboxylic acids is 1. The fourth-order valence-electron chi connectivity index (χ4n) is 3.22. The van der Waals surface area contributed by atoms with Crippen molar-refractivity contribution in [2.75, 3.05) is 13.1 Å². The van der Waals surface area contributed by atoms with Gasteiger partial charge in [0, 0.05) is 12.5 Å². The van der Waals surface area contributed by atoms with E-state index in [0.29, 0.717) is 18.4 Å². The minimum absolute atomic E-state index is 0. The van der Waals surface area contributed by atoms with E-state index in [4.69, 9.17) is 20.1 Å². The molecule has 0 aliphatic carbocycles. The van der Waals surface area contributed by atoms with E-state index in [9.17, 15) is 4.79 Å². The van der Waals surface area contributed by atoms with Crippen molar-refractivity contribution < 1.29 is 30.4 Å². The number of piperidine rings is 2. The van der Waals surface area contributed by atoms with Crippen molar-refractivity contribution in [1.82, 2.24) is 4.90 Å². The first-order valence-electron chi connectivity index (χ1n) is 6.88. The van der Waals surface area contributed by atoms with Crippen LogP contribution in [0, 0.1) is 5.92 Å². The van der Waals surface area contributed by atoms with Crippen LogP contribution < -0.4 is 0 Å². The number of hydrogen-bond donors (Lipinski definition) is 3. The molecule has 2 heterocycles. The smallest absolute Gasteiger partial charge is 0.481 e. The van der Waals surface area contributed by atoms with Crippen molar-refractivity contribution in [3.63, 3.8) is 0 Å². The molecule has 2 aliphatic rings.